The summed E-state index contributed by atoms with van der Waals surface area (Å²) >= 11 is 0. The maximum Gasteiger partial charge on any atom is 0.280 e. The molecule has 5 rings (SSSR count). The summed E-state index contributed by atoms with van der Waals surface area (Å²) in [7, 11) is -4.53. The third-order valence-electron chi connectivity index (χ3n) is 6.00. The second kappa shape index (κ2) is 10.0. The Balaban J connectivity index is 1.38. The van der Waals surface area contributed by atoms with Gasteiger partial charge in [0.15, 0.2) is 11.6 Å². The van der Waals surface area contributed by atoms with Crippen LogP contribution in [0.15, 0.2) is 65.7 Å². The summed E-state index contributed by atoms with van der Waals surface area (Å²) in [5.41, 5.74) is -1.53. The first-order valence-corrected chi connectivity index (χ1v) is 12.9. The van der Waals surface area contributed by atoms with E-state index in [-0.39, 0.29) is 24.4 Å². The minimum Gasteiger partial charge on any atom is -0.489 e. The van der Waals surface area contributed by atoms with Crippen molar-refractivity contribution in [3.05, 3.63) is 83.6 Å². The van der Waals surface area contributed by atoms with Crippen molar-refractivity contribution in [2.75, 3.05) is 6.61 Å². The molecule has 4 aromatic rings. The molecule has 1 amide bonds. The summed E-state index contributed by atoms with van der Waals surface area (Å²) in [6.07, 6.45) is -1.59. The fourth-order valence-electron chi connectivity index (χ4n) is 4.05. The Labute approximate surface area is 214 Å². The number of carbonyl (C=O) groups is 1. The molecule has 0 spiro atoms. The van der Waals surface area contributed by atoms with Crippen LogP contribution in [0.25, 0.3) is 22.0 Å². The molecule has 2 aromatic heterocycles. The molecule has 1 aliphatic rings. The van der Waals surface area contributed by atoms with Crippen molar-refractivity contribution in [2.45, 2.75) is 29.8 Å². The molecule has 0 radical (unpaired) electrons. The average Bonchev–Trinajstić information content (AvgIpc) is 3.02. The number of halogens is 4. The lowest BCUT2D eigenvalue weighted by atomic mass is 10.0. The number of rotatable bonds is 5. The molecule has 0 saturated heterocycles. The highest BCUT2D eigenvalue weighted by molar-refractivity contribution is 7.92. The van der Waals surface area contributed by atoms with Crippen LogP contribution >= 0.6 is 0 Å². The van der Waals surface area contributed by atoms with Crippen molar-refractivity contribution in [3.63, 3.8) is 0 Å². The highest BCUT2D eigenvalue weighted by Crippen LogP contribution is 2.35. The fourth-order valence-corrected chi connectivity index (χ4v) is 5.43. The number of ether oxygens (including phenoxy) is 1. The summed E-state index contributed by atoms with van der Waals surface area (Å²) in [5, 5.41) is 4.01. The van der Waals surface area contributed by atoms with Crippen LogP contribution in [-0.2, 0) is 16.4 Å². The summed E-state index contributed by atoms with van der Waals surface area (Å²) in [6, 6.07) is 13.0. The minimum absolute atomic E-state index is 0.0915. The van der Waals surface area contributed by atoms with Crippen molar-refractivity contribution < 1.29 is 35.5 Å². The van der Waals surface area contributed by atoms with Gasteiger partial charge in [0.25, 0.3) is 12.3 Å². The quantitative estimate of drug-likeness (QED) is 0.348. The van der Waals surface area contributed by atoms with Gasteiger partial charge < -0.3 is 10.1 Å². The van der Waals surface area contributed by atoms with Crippen molar-refractivity contribution in [2.24, 2.45) is 0 Å². The van der Waals surface area contributed by atoms with E-state index in [0.29, 0.717) is 22.3 Å². The Morgan fingerprint density at radius 1 is 1.11 bits per heavy atom. The van der Waals surface area contributed by atoms with Gasteiger partial charge in [0.1, 0.15) is 10.6 Å². The van der Waals surface area contributed by atoms with Gasteiger partial charge in [0, 0.05) is 29.1 Å². The Bertz CT molecular complexity index is 1660. The summed E-state index contributed by atoms with van der Waals surface area (Å²) in [5.74, 6) is -2.50. The Hall–Kier alpha value is -4.06. The maximum atomic E-state index is 14.6. The number of aromatic nitrogens is 2. The Kier molecular flexibility index (Phi) is 6.74. The van der Waals surface area contributed by atoms with Gasteiger partial charge in [0.2, 0.25) is 15.3 Å². The number of pyridine rings is 2. The van der Waals surface area contributed by atoms with Gasteiger partial charge in [-0.1, -0.05) is 18.2 Å². The molecule has 0 aliphatic carbocycles. The zero-order valence-electron chi connectivity index (χ0n) is 19.5. The Morgan fingerprint density at radius 2 is 1.92 bits per heavy atom. The van der Waals surface area contributed by atoms with Crippen LogP contribution in [-0.4, -0.2) is 36.4 Å². The monoisotopic (exact) mass is 545 g/mol. The van der Waals surface area contributed by atoms with Crippen molar-refractivity contribution in [3.8, 4) is 17.0 Å². The second-order valence-electron chi connectivity index (χ2n) is 8.55. The van der Waals surface area contributed by atoms with E-state index >= 15 is 0 Å². The smallest absolute Gasteiger partial charge is 0.280 e. The molecule has 0 saturated carbocycles. The van der Waals surface area contributed by atoms with Crippen molar-refractivity contribution in [1.29, 1.82) is 0 Å². The van der Waals surface area contributed by atoms with E-state index in [1.807, 2.05) is 0 Å². The van der Waals surface area contributed by atoms with Crippen molar-refractivity contribution in [1.82, 2.24) is 15.3 Å². The van der Waals surface area contributed by atoms with Crippen LogP contribution in [0.4, 0.5) is 17.6 Å². The molecule has 1 atom stereocenters. The number of sulfone groups is 1. The third kappa shape index (κ3) is 4.91. The van der Waals surface area contributed by atoms with E-state index in [1.54, 1.807) is 36.5 Å². The van der Waals surface area contributed by atoms with E-state index in [4.69, 9.17) is 4.74 Å². The first-order chi connectivity index (χ1) is 18.1. The van der Waals surface area contributed by atoms with Crippen LogP contribution in [0.1, 0.15) is 34.6 Å². The molecule has 7 nitrogen and oxygen atoms in total. The number of carbonyl (C=O) groups excluding carboxylic acids is 1. The van der Waals surface area contributed by atoms with Crippen LogP contribution in [0.3, 0.4) is 0 Å². The molecule has 0 unspecified atom stereocenters. The zero-order valence-corrected chi connectivity index (χ0v) is 20.3. The molecule has 196 valence electrons. The highest BCUT2D eigenvalue weighted by atomic mass is 32.2. The predicted molar refractivity (Wildman–Crippen MR) is 130 cm³/mol. The topological polar surface area (TPSA) is 98.3 Å². The summed E-state index contributed by atoms with van der Waals surface area (Å²) in [6.45, 7) is -0.412. The molecular weight excluding hydrogens is 526 g/mol. The van der Waals surface area contributed by atoms with Crippen molar-refractivity contribution >= 4 is 26.5 Å². The Morgan fingerprint density at radius 3 is 2.71 bits per heavy atom. The number of amides is 1. The van der Waals surface area contributed by atoms with Gasteiger partial charge in [-0.15, -0.1) is 0 Å². The molecular formula is C26H19F4N3O4S. The molecule has 3 heterocycles. The molecule has 2 aromatic carbocycles. The third-order valence-corrected chi connectivity index (χ3v) is 7.83. The number of hydrogen-bond donors (Lipinski definition) is 1. The lowest BCUT2D eigenvalue weighted by Crippen LogP contribution is -2.24. The van der Waals surface area contributed by atoms with Gasteiger partial charge >= 0.3 is 0 Å². The SMILES string of the molecule is O=C(NCc1cc2cc(-c3cccc(C(F)F)n3)ccc2cn1)c1cc(F)c2c(c1)S(=O)(=O)[C@@H](F)CCO2. The summed E-state index contributed by atoms with van der Waals surface area (Å²) < 4.78 is 84.7. The van der Waals surface area contributed by atoms with E-state index in [9.17, 15) is 30.8 Å². The zero-order chi connectivity index (χ0) is 27.0. The van der Waals surface area contributed by atoms with Gasteiger partial charge in [-0.2, -0.15) is 0 Å². The molecule has 12 heteroatoms. The van der Waals surface area contributed by atoms with Gasteiger partial charge in [0.05, 0.1) is 24.5 Å². The predicted octanol–water partition coefficient (Wildman–Crippen LogP) is 5.16. The highest BCUT2D eigenvalue weighted by Gasteiger charge is 2.35. The molecule has 0 bridgehead atoms. The fraction of sp³-hybridized carbons (Fsp3) is 0.192. The molecule has 0 fully saturated rings. The minimum atomic E-state index is -4.53. The number of alkyl halides is 3. The summed E-state index contributed by atoms with van der Waals surface area (Å²) in [4.78, 5) is 20.3. The molecule has 1 N–H and O–H groups in total. The van der Waals surface area contributed by atoms with E-state index in [1.165, 1.54) is 12.1 Å². The van der Waals surface area contributed by atoms with Gasteiger partial charge in [-0.05, 0) is 41.8 Å². The van der Waals surface area contributed by atoms with Gasteiger partial charge in [-0.3, -0.25) is 9.78 Å². The average molecular weight is 546 g/mol. The van der Waals surface area contributed by atoms with Gasteiger partial charge in [-0.25, -0.2) is 31.0 Å². The molecule has 38 heavy (non-hydrogen) atoms. The van der Waals surface area contributed by atoms with Crippen LogP contribution in [0.5, 0.6) is 5.75 Å². The van der Waals surface area contributed by atoms with Crippen LogP contribution < -0.4 is 10.1 Å². The number of nitrogens with zero attached hydrogens (tertiary/aromatic N) is 2. The first-order valence-electron chi connectivity index (χ1n) is 11.4. The molecule has 1 aliphatic heterocycles. The number of fused-ring (bicyclic) bond motifs is 2. The second-order valence-corrected chi connectivity index (χ2v) is 10.6. The van der Waals surface area contributed by atoms with Crippen LogP contribution in [0, 0.1) is 5.82 Å². The number of hydrogen-bond acceptors (Lipinski definition) is 6. The number of benzene rings is 2. The van der Waals surface area contributed by atoms with E-state index < -0.39 is 50.6 Å². The van der Waals surface area contributed by atoms with Crippen LogP contribution in [0.2, 0.25) is 0 Å². The largest absolute Gasteiger partial charge is 0.489 e. The lowest BCUT2D eigenvalue weighted by Gasteiger charge is -2.12. The maximum absolute atomic E-state index is 14.6. The van der Waals surface area contributed by atoms with E-state index in [2.05, 4.69) is 15.3 Å². The number of nitrogens with one attached hydrogen (secondary N) is 1. The van der Waals surface area contributed by atoms with E-state index in [0.717, 1.165) is 17.5 Å². The lowest BCUT2D eigenvalue weighted by molar-refractivity contribution is 0.0949. The standard InChI is InChI=1S/C26H19F4N3O4S/c27-19-10-17(11-22-24(19)37-7-6-23(28)38(22,35)36)26(34)32-13-18-9-16-8-14(4-5-15(16)12-31-18)20-2-1-3-21(33-20)25(29)30/h1-5,8-12,23,25H,6-7,13H2,(H,32,34)/t23-/m1/s1. The normalized spacial score (nSPS) is 16.5. The first kappa shape index (κ1) is 25.6.